The first kappa shape index (κ1) is 14.3. The molecule has 0 bridgehead atoms. The lowest BCUT2D eigenvalue weighted by Gasteiger charge is -2.17. The topological polar surface area (TPSA) is 59.3 Å². The molecular formula is C17H18N4O. The van der Waals surface area contributed by atoms with Crippen LogP contribution in [0.25, 0.3) is 5.65 Å². The van der Waals surface area contributed by atoms with E-state index in [0.29, 0.717) is 5.56 Å². The van der Waals surface area contributed by atoms with E-state index in [1.54, 1.807) is 18.5 Å². The number of hydrogen-bond donors (Lipinski definition) is 1. The third-order valence-corrected chi connectivity index (χ3v) is 3.66. The van der Waals surface area contributed by atoms with Crippen LogP contribution in [-0.2, 0) is 0 Å². The number of carbonyl (C=O) groups excluding carboxylic acids is 1. The van der Waals surface area contributed by atoms with Crippen LogP contribution in [0.2, 0.25) is 0 Å². The van der Waals surface area contributed by atoms with Gasteiger partial charge in [0, 0.05) is 24.8 Å². The summed E-state index contributed by atoms with van der Waals surface area (Å²) < 4.78 is 1.87. The van der Waals surface area contributed by atoms with Crippen molar-refractivity contribution in [3.05, 3.63) is 65.9 Å². The van der Waals surface area contributed by atoms with Crippen molar-refractivity contribution in [3.63, 3.8) is 0 Å². The van der Waals surface area contributed by atoms with Gasteiger partial charge in [0.25, 0.3) is 5.91 Å². The number of pyridine rings is 2. The van der Waals surface area contributed by atoms with Gasteiger partial charge in [-0.05, 0) is 43.2 Å². The van der Waals surface area contributed by atoms with Gasteiger partial charge in [-0.2, -0.15) is 0 Å². The summed E-state index contributed by atoms with van der Waals surface area (Å²) in [5.74, 6) is -0.0862. The maximum absolute atomic E-state index is 12.5. The highest BCUT2D eigenvalue weighted by molar-refractivity contribution is 5.94. The summed E-state index contributed by atoms with van der Waals surface area (Å²) in [5, 5.41) is 3.07. The van der Waals surface area contributed by atoms with Crippen LogP contribution < -0.4 is 5.32 Å². The highest BCUT2D eigenvalue weighted by Crippen LogP contribution is 2.16. The predicted octanol–water partition coefficient (Wildman–Crippen LogP) is 2.92. The fourth-order valence-electron chi connectivity index (χ4n) is 2.51. The normalized spacial score (nSPS) is 12.3. The van der Waals surface area contributed by atoms with Gasteiger partial charge in [0.15, 0.2) is 0 Å². The number of aromatic nitrogens is 3. The Kier molecular flexibility index (Phi) is 3.87. The zero-order valence-electron chi connectivity index (χ0n) is 12.7. The summed E-state index contributed by atoms with van der Waals surface area (Å²) >= 11 is 0. The highest BCUT2D eigenvalue weighted by atomic mass is 16.1. The summed E-state index contributed by atoms with van der Waals surface area (Å²) in [6, 6.07) is 7.50. The molecule has 0 aliphatic carbocycles. The first-order valence-corrected chi connectivity index (χ1v) is 7.33. The van der Waals surface area contributed by atoms with Crippen molar-refractivity contribution in [1.82, 2.24) is 19.7 Å². The molecule has 0 saturated carbocycles. The number of rotatable bonds is 4. The molecule has 0 aromatic carbocycles. The summed E-state index contributed by atoms with van der Waals surface area (Å²) in [7, 11) is 0. The standard InChI is InChI=1S/C17H18N4O/c1-3-15(13-6-8-18-9-7-13)20-17(22)14-4-5-16-19-12(2)10-21(16)11-14/h4-11,15H,3H2,1-2H3,(H,20,22)/t15-/m0/s1. The number of aryl methyl sites for hydroxylation is 1. The van der Waals surface area contributed by atoms with Crippen molar-refractivity contribution < 1.29 is 4.79 Å². The minimum Gasteiger partial charge on any atom is -0.345 e. The summed E-state index contributed by atoms with van der Waals surface area (Å²) in [6.45, 7) is 3.98. The van der Waals surface area contributed by atoms with E-state index in [1.807, 2.05) is 48.8 Å². The second-order valence-corrected chi connectivity index (χ2v) is 5.28. The highest BCUT2D eigenvalue weighted by Gasteiger charge is 2.14. The van der Waals surface area contributed by atoms with Gasteiger partial charge in [-0.3, -0.25) is 9.78 Å². The predicted molar refractivity (Wildman–Crippen MR) is 84.7 cm³/mol. The monoisotopic (exact) mass is 294 g/mol. The van der Waals surface area contributed by atoms with Crippen molar-refractivity contribution >= 4 is 11.6 Å². The lowest BCUT2D eigenvalue weighted by Crippen LogP contribution is -2.28. The minimum atomic E-state index is -0.0862. The molecule has 0 aliphatic rings. The van der Waals surface area contributed by atoms with Crippen LogP contribution in [0.3, 0.4) is 0 Å². The van der Waals surface area contributed by atoms with Crippen molar-refractivity contribution in [3.8, 4) is 0 Å². The van der Waals surface area contributed by atoms with Crippen molar-refractivity contribution in [2.45, 2.75) is 26.3 Å². The van der Waals surface area contributed by atoms with Crippen LogP contribution in [0.1, 0.15) is 41.0 Å². The molecule has 3 aromatic rings. The average Bonchev–Trinajstić information content (AvgIpc) is 2.92. The van der Waals surface area contributed by atoms with E-state index >= 15 is 0 Å². The Bertz CT molecular complexity index is 795. The van der Waals surface area contributed by atoms with Crippen LogP contribution in [0, 0.1) is 6.92 Å². The third-order valence-electron chi connectivity index (χ3n) is 3.66. The number of carbonyl (C=O) groups is 1. The Labute approximate surface area is 129 Å². The molecule has 0 saturated heterocycles. The second-order valence-electron chi connectivity index (χ2n) is 5.28. The van der Waals surface area contributed by atoms with E-state index in [4.69, 9.17) is 0 Å². The van der Waals surface area contributed by atoms with Crippen LogP contribution in [0.5, 0.6) is 0 Å². The Morgan fingerprint density at radius 3 is 2.73 bits per heavy atom. The fraction of sp³-hybridized carbons (Fsp3) is 0.235. The van der Waals surface area contributed by atoms with Gasteiger partial charge in [-0.15, -0.1) is 0 Å². The molecule has 5 heteroatoms. The summed E-state index contributed by atoms with van der Waals surface area (Å²) in [6.07, 6.45) is 8.02. The molecule has 112 valence electrons. The molecule has 1 atom stereocenters. The van der Waals surface area contributed by atoms with E-state index < -0.39 is 0 Å². The van der Waals surface area contributed by atoms with Crippen molar-refractivity contribution in [2.75, 3.05) is 0 Å². The van der Waals surface area contributed by atoms with Crippen LogP contribution in [0.4, 0.5) is 0 Å². The Balaban J connectivity index is 1.82. The Morgan fingerprint density at radius 1 is 1.23 bits per heavy atom. The van der Waals surface area contributed by atoms with E-state index in [1.165, 1.54) is 0 Å². The molecule has 22 heavy (non-hydrogen) atoms. The lowest BCUT2D eigenvalue weighted by molar-refractivity contribution is 0.0935. The van der Waals surface area contributed by atoms with Crippen LogP contribution >= 0.6 is 0 Å². The molecule has 0 fully saturated rings. The second kappa shape index (κ2) is 5.97. The maximum Gasteiger partial charge on any atom is 0.253 e. The summed E-state index contributed by atoms with van der Waals surface area (Å²) in [4.78, 5) is 20.9. The molecule has 3 heterocycles. The third kappa shape index (κ3) is 2.83. The van der Waals surface area contributed by atoms with Gasteiger partial charge in [0.2, 0.25) is 0 Å². The van der Waals surface area contributed by atoms with Gasteiger partial charge in [0.1, 0.15) is 5.65 Å². The van der Waals surface area contributed by atoms with Crippen LogP contribution in [-0.4, -0.2) is 20.3 Å². The van der Waals surface area contributed by atoms with E-state index in [2.05, 4.69) is 15.3 Å². The van der Waals surface area contributed by atoms with Gasteiger partial charge in [0.05, 0.1) is 17.3 Å². The number of nitrogens with zero attached hydrogens (tertiary/aromatic N) is 3. The van der Waals surface area contributed by atoms with Gasteiger partial charge in [-0.1, -0.05) is 6.92 Å². The maximum atomic E-state index is 12.5. The van der Waals surface area contributed by atoms with E-state index in [9.17, 15) is 4.79 Å². The molecule has 5 nitrogen and oxygen atoms in total. The molecule has 1 amide bonds. The molecular weight excluding hydrogens is 276 g/mol. The Morgan fingerprint density at radius 2 is 2.00 bits per heavy atom. The number of fused-ring (bicyclic) bond motifs is 1. The first-order valence-electron chi connectivity index (χ1n) is 7.33. The summed E-state index contributed by atoms with van der Waals surface area (Å²) in [5.41, 5.74) is 3.46. The molecule has 3 aromatic heterocycles. The molecule has 1 N–H and O–H groups in total. The van der Waals surface area contributed by atoms with Gasteiger partial charge < -0.3 is 9.72 Å². The van der Waals surface area contributed by atoms with E-state index in [-0.39, 0.29) is 11.9 Å². The van der Waals surface area contributed by atoms with Gasteiger partial charge in [-0.25, -0.2) is 4.98 Å². The molecule has 0 unspecified atom stereocenters. The number of nitrogens with one attached hydrogen (secondary N) is 1. The molecule has 0 aliphatic heterocycles. The molecule has 0 radical (unpaired) electrons. The quantitative estimate of drug-likeness (QED) is 0.805. The van der Waals surface area contributed by atoms with E-state index in [0.717, 1.165) is 23.3 Å². The molecule has 0 spiro atoms. The minimum absolute atomic E-state index is 0.0179. The zero-order valence-corrected chi connectivity index (χ0v) is 12.7. The zero-order chi connectivity index (χ0) is 15.5. The lowest BCUT2D eigenvalue weighted by atomic mass is 10.1. The SMILES string of the molecule is CC[C@H](NC(=O)c1ccc2nc(C)cn2c1)c1ccncc1. The van der Waals surface area contributed by atoms with Crippen molar-refractivity contribution in [2.24, 2.45) is 0 Å². The Hall–Kier alpha value is -2.69. The smallest absolute Gasteiger partial charge is 0.253 e. The van der Waals surface area contributed by atoms with Gasteiger partial charge >= 0.3 is 0 Å². The fourth-order valence-corrected chi connectivity index (χ4v) is 2.51. The average molecular weight is 294 g/mol. The molecule has 3 rings (SSSR count). The van der Waals surface area contributed by atoms with Crippen LogP contribution in [0.15, 0.2) is 49.1 Å². The number of amides is 1. The number of hydrogen-bond acceptors (Lipinski definition) is 3. The largest absolute Gasteiger partial charge is 0.345 e. The first-order chi connectivity index (χ1) is 10.7. The van der Waals surface area contributed by atoms with Crippen molar-refractivity contribution in [1.29, 1.82) is 0 Å². The number of imidazole rings is 1.